The molecule has 1 aliphatic heterocycles. The van der Waals surface area contributed by atoms with Gasteiger partial charge >= 0.3 is 54.6 Å². The summed E-state index contributed by atoms with van der Waals surface area (Å²) in [6.45, 7) is 2.18. The maximum atomic E-state index is 3.28. The van der Waals surface area contributed by atoms with E-state index in [0.717, 1.165) is 0 Å². The van der Waals surface area contributed by atoms with Crippen LogP contribution < -0.4 is 25.0 Å². The quantitative estimate of drug-likeness (QED) is 0.274. The van der Waals surface area contributed by atoms with Crippen LogP contribution in [0.1, 0.15) is 13.3 Å². The van der Waals surface area contributed by atoms with E-state index >= 15 is 0 Å². The molecule has 1 heterocycles. The molecule has 2 heteroatoms. The van der Waals surface area contributed by atoms with Crippen LogP contribution in [-0.4, -0.2) is 4.43 Å². The van der Waals surface area contributed by atoms with Crippen molar-refractivity contribution in [3.63, 3.8) is 0 Å². The predicted octanol–water partition coefficient (Wildman–Crippen LogP) is -2.11. The normalized spacial score (nSPS) is 21.6. The molecule has 0 aliphatic carbocycles. The van der Waals surface area contributed by atoms with Crippen LogP contribution in [0.5, 0.6) is 0 Å². The summed E-state index contributed by atoms with van der Waals surface area (Å²) in [5.74, 6) is 0. The summed E-state index contributed by atoms with van der Waals surface area (Å²) in [5, 5.41) is 0. The van der Waals surface area contributed by atoms with Crippen molar-refractivity contribution in [2.45, 2.75) is 13.3 Å². The summed E-state index contributed by atoms with van der Waals surface area (Å²) in [6.07, 6.45) is 3.48. The van der Waals surface area contributed by atoms with Crippen molar-refractivity contribution in [1.29, 1.82) is 0 Å². The Balaban J connectivity index is 2.40. The van der Waals surface area contributed by atoms with Crippen LogP contribution in [0.3, 0.4) is 0 Å². The minimum absolute atomic E-state index is 0.361. The Morgan fingerprint density at radius 3 is 3.00 bits per heavy atom. The first-order chi connectivity index (χ1) is 3.39. The number of nitrogens with one attached hydrogen (secondary N) is 1. The SMILES string of the molecule is CC1=CN[I-]CC1. The zero-order valence-corrected chi connectivity index (χ0v) is 6.53. The average Bonchev–Trinajstić information content (AvgIpc) is 1.69. The fourth-order valence-corrected chi connectivity index (χ4v) is 2.64. The summed E-state index contributed by atoms with van der Waals surface area (Å²) in [6, 6.07) is 0. The van der Waals surface area contributed by atoms with Crippen molar-refractivity contribution in [3.05, 3.63) is 11.8 Å². The molecule has 0 atom stereocenters. The van der Waals surface area contributed by atoms with E-state index in [9.17, 15) is 0 Å². The molecule has 0 bridgehead atoms. The number of alkyl halides is 1. The van der Waals surface area contributed by atoms with E-state index < -0.39 is 0 Å². The third kappa shape index (κ3) is 1.67. The molecule has 0 saturated heterocycles. The van der Waals surface area contributed by atoms with Gasteiger partial charge < -0.3 is 0 Å². The summed E-state index contributed by atoms with van der Waals surface area (Å²) in [5.41, 5.74) is 1.51. The van der Waals surface area contributed by atoms with Crippen LogP contribution in [-0.2, 0) is 0 Å². The third-order valence-corrected chi connectivity index (χ3v) is 2.79. The summed E-state index contributed by atoms with van der Waals surface area (Å²) in [4.78, 5) is 0. The van der Waals surface area contributed by atoms with Crippen LogP contribution in [0.25, 0.3) is 0 Å². The number of hydrogen-bond donors (Lipinski definition) is 1. The van der Waals surface area contributed by atoms with E-state index in [1.807, 2.05) is 0 Å². The molecule has 0 saturated carbocycles. The Labute approximate surface area is 54.8 Å². The Morgan fingerprint density at radius 1 is 1.86 bits per heavy atom. The monoisotopic (exact) mass is 210 g/mol. The van der Waals surface area contributed by atoms with Crippen molar-refractivity contribution < 1.29 is 21.5 Å². The van der Waals surface area contributed by atoms with Crippen molar-refractivity contribution >= 4 is 0 Å². The van der Waals surface area contributed by atoms with Gasteiger partial charge in [0, 0.05) is 0 Å². The summed E-state index contributed by atoms with van der Waals surface area (Å²) < 4.78 is 4.70. The summed E-state index contributed by atoms with van der Waals surface area (Å²) in [7, 11) is 0. The van der Waals surface area contributed by atoms with Crippen molar-refractivity contribution in [1.82, 2.24) is 3.53 Å². The molecule has 42 valence electrons. The van der Waals surface area contributed by atoms with Crippen LogP contribution in [0.15, 0.2) is 11.8 Å². The fourth-order valence-electron chi connectivity index (χ4n) is 0.455. The van der Waals surface area contributed by atoms with Gasteiger partial charge in [0.1, 0.15) is 0 Å². The first-order valence-corrected chi connectivity index (χ1v) is 4.99. The second-order valence-corrected chi connectivity index (χ2v) is 4.14. The maximum absolute atomic E-state index is 3.28. The molecule has 0 unspecified atom stereocenters. The number of halogens is 1. The van der Waals surface area contributed by atoms with E-state index in [4.69, 9.17) is 0 Å². The van der Waals surface area contributed by atoms with Gasteiger partial charge in [-0.1, -0.05) is 0 Å². The molecule has 1 N–H and O–H groups in total. The minimum atomic E-state index is 0.361. The Bertz CT molecular complexity index is 88.1. The number of allylic oxidation sites excluding steroid dienone is 1. The van der Waals surface area contributed by atoms with Crippen molar-refractivity contribution in [2.24, 2.45) is 0 Å². The molecule has 0 aromatic carbocycles. The molecular formula is C5H9IN-. The Hall–Kier alpha value is 0.270. The third-order valence-electron chi connectivity index (χ3n) is 0.961. The van der Waals surface area contributed by atoms with Gasteiger partial charge in [-0.25, -0.2) is 0 Å². The molecule has 0 aromatic rings. The standard InChI is InChI=1S/C5H9IN/c1-5-2-3-6-7-4-5/h4,7H,2-3H2,1H3/q-1. The Morgan fingerprint density at radius 2 is 2.71 bits per heavy atom. The van der Waals surface area contributed by atoms with Crippen molar-refractivity contribution in [2.75, 3.05) is 4.43 Å². The van der Waals surface area contributed by atoms with Gasteiger partial charge in [0.25, 0.3) is 0 Å². The average molecular weight is 210 g/mol. The van der Waals surface area contributed by atoms with Crippen LogP contribution in [0.2, 0.25) is 0 Å². The fraction of sp³-hybridized carbons (Fsp3) is 0.600. The van der Waals surface area contributed by atoms with Crippen molar-refractivity contribution in [3.8, 4) is 0 Å². The van der Waals surface area contributed by atoms with E-state index in [1.54, 1.807) is 0 Å². The molecule has 7 heavy (non-hydrogen) atoms. The zero-order valence-electron chi connectivity index (χ0n) is 4.37. The molecule has 0 fully saturated rings. The topological polar surface area (TPSA) is 12.0 Å². The summed E-state index contributed by atoms with van der Waals surface area (Å²) >= 11 is 0.361. The molecule has 0 radical (unpaired) electrons. The molecule has 0 spiro atoms. The predicted molar refractivity (Wildman–Crippen MR) is 26.4 cm³/mol. The van der Waals surface area contributed by atoms with E-state index in [0.29, 0.717) is 21.5 Å². The van der Waals surface area contributed by atoms with Gasteiger partial charge in [-0.15, -0.1) is 0 Å². The molecule has 1 nitrogen and oxygen atoms in total. The van der Waals surface area contributed by atoms with Gasteiger partial charge in [-0.05, 0) is 0 Å². The van der Waals surface area contributed by atoms with Crippen LogP contribution >= 0.6 is 0 Å². The molecular weight excluding hydrogens is 201 g/mol. The zero-order chi connectivity index (χ0) is 5.11. The molecule has 0 amide bonds. The van der Waals surface area contributed by atoms with E-state index in [-0.39, 0.29) is 0 Å². The first kappa shape index (κ1) is 5.41. The van der Waals surface area contributed by atoms with Crippen LogP contribution in [0, 0.1) is 0 Å². The van der Waals surface area contributed by atoms with Gasteiger partial charge in [0.15, 0.2) is 0 Å². The van der Waals surface area contributed by atoms with E-state index in [1.165, 1.54) is 16.4 Å². The van der Waals surface area contributed by atoms with Gasteiger partial charge in [-0.3, -0.25) is 0 Å². The number of hydrogen-bond acceptors (Lipinski definition) is 1. The first-order valence-electron chi connectivity index (χ1n) is 2.39. The molecule has 1 rings (SSSR count). The van der Waals surface area contributed by atoms with Gasteiger partial charge in [0.05, 0.1) is 0 Å². The second kappa shape index (κ2) is 2.55. The van der Waals surface area contributed by atoms with Gasteiger partial charge in [0.2, 0.25) is 0 Å². The van der Waals surface area contributed by atoms with E-state index in [2.05, 4.69) is 16.7 Å². The van der Waals surface area contributed by atoms with Gasteiger partial charge in [-0.2, -0.15) is 0 Å². The van der Waals surface area contributed by atoms with Crippen LogP contribution in [0.4, 0.5) is 0 Å². The number of rotatable bonds is 0. The molecule has 0 aromatic heterocycles. The molecule has 1 aliphatic rings. The Kier molecular flexibility index (Phi) is 1.97. The second-order valence-electron chi connectivity index (χ2n) is 1.67.